The van der Waals surface area contributed by atoms with E-state index < -0.39 is 0 Å². The van der Waals surface area contributed by atoms with Crippen molar-refractivity contribution in [3.8, 4) is 0 Å². The summed E-state index contributed by atoms with van der Waals surface area (Å²) in [6.45, 7) is 6.90. The van der Waals surface area contributed by atoms with Crippen molar-refractivity contribution in [3.63, 3.8) is 0 Å². The van der Waals surface area contributed by atoms with E-state index in [0.717, 1.165) is 0 Å². The normalized spacial score (nSPS) is 11.4. The zero-order chi connectivity index (χ0) is 24.5. The monoisotopic (exact) mass is 471 g/mol. The molecule has 0 unspecified atom stereocenters. The highest BCUT2D eigenvalue weighted by atomic mass is 14.7. The lowest BCUT2D eigenvalue weighted by molar-refractivity contribution is 0.553. The highest BCUT2D eigenvalue weighted by Gasteiger charge is 2.05. The van der Waals surface area contributed by atoms with Crippen LogP contribution in [0.1, 0.15) is 179 Å². The van der Waals surface area contributed by atoms with Gasteiger partial charge in [-0.2, -0.15) is 0 Å². The first-order chi connectivity index (χ1) is 16.8. The summed E-state index contributed by atoms with van der Waals surface area (Å²) in [7, 11) is 0. The van der Waals surface area contributed by atoms with Gasteiger partial charge in [-0.3, -0.25) is 4.98 Å². The topological polar surface area (TPSA) is 12.9 Å². The van der Waals surface area contributed by atoms with E-state index >= 15 is 0 Å². The summed E-state index contributed by atoms with van der Waals surface area (Å²) in [5, 5.41) is 0. The average molecular weight is 472 g/mol. The standard InChI is InChI=1S/C33H61N/c1-4-7-10-12-14-16-18-20-22-24-27-32-29-31(26-9-6-3)30-33(34-32)28-25-23-21-19-17-15-13-11-8-5-2/h29-30H,4-28H2,1-3H3. The molecule has 0 saturated carbocycles. The van der Waals surface area contributed by atoms with Crippen molar-refractivity contribution in [2.45, 2.75) is 181 Å². The molecule has 0 aliphatic heterocycles. The first-order valence-electron chi connectivity index (χ1n) is 15.8. The Morgan fingerprint density at radius 2 is 0.706 bits per heavy atom. The van der Waals surface area contributed by atoms with Gasteiger partial charge in [0.2, 0.25) is 0 Å². The van der Waals surface area contributed by atoms with Crippen molar-refractivity contribution in [1.82, 2.24) is 4.98 Å². The lowest BCUT2D eigenvalue weighted by Crippen LogP contribution is -2.00. The highest BCUT2D eigenvalue weighted by molar-refractivity contribution is 5.22. The Hall–Kier alpha value is -0.850. The molecular formula is C33H61N. The van der Waals surface area contributed by atoms with Gasteiger partial charge < -0.3 is 0 Å². The van der Waals surface area contributed by atoms with Crippen LogP contribution in [0.5, 0.6) is 0 Å². The largest absolute Gasteiger partial charge is 0.258 e. The molecule has 1 rings (SSSR count). The molecule has 0 aliphatic carbocycles. The van der Waals surface area contributed by atoms with E-state index in [1.807, 2.05) is 0 Å². The fraction of sp³-hybridized carbons (Fsp3) is 0.848. The van der Waals surface area contributed by atoms with Gasteiger partial charge in [-0.15, -0.1) is 0 Å². The summed E-state index contributed by atoms with van der Waals surface area (Å²) in [4.78, 5) is 5.09. The molecule has 1 aromatic heterocycles. The van der Waals surface area contributed by atoms with Crippen LogP contribution < -0.4 is 0 Å². The lowest BCUT2D eigenvalue weighted by atomic mass is 10.0. The molecule has 0 aromatic carbocycles. The number of unbranched alkanes of at least 4 members (excludes halogenated alkanes) is 19. The van der Waals surface area contributed by atoms with Crippen LogP contribution >= 0.6 is 0 Å². The van der Waals surface area contributed by atoms with E-state index in [1.165, 1.54) is 172 Å². The molecule has 0 fully saturated rings. The Morgan fingerprint density at radius 3 is 1.06 bits per heavy atom. The Morgan fingerprint density at radius 1 is 0.382 bits per heavy atom. The highest BCUT2D eigenvalue weighted by Crippen LogP contribution is 2.17. The van der Waals surface area contributed by atoms with Gasteiger partial charge in [0.1, 0.15) is 0 Å². The van der Waals surface area contributed by atoms with Crippen LogP contribution in [0.15, 0.2) is 12.1 Å². The number of aryl methyl sites for hydroxylation is 3. The molecule has 0 radical (unpaired) electrons. The fourth-order valence-electron chi connectivity index (χ4n) is 5.09. The number of pyridine rings is 1. The van der Waals surface area contributed by atoms with Gasteiger partial charge >= 0.3 is 0 Å². The van der Waals surface area contributed by atoms with Gasteiger partial charge in [0.25, 0.3) is 0 Å². The summed E-state index contributed by atoms with van der Waals surface area (Å²) >= 11 is 0. The zero-order valence-corrected chi connectivity index (χ0v) is 23.8. The molecule has 1 nitrogen and oxygen atoms in total. The van der Waals surface area contributed by atoms with Crippen molar-refractivity contribution in [1.29, 1.82) is 0 Å². The van der Waals surface area contributed by atoms with Gasteiger partial charge in [0.05, 0.1) is 0 Å². The van der Waals surface area contributed by atoms with Gasteiger partial charge in [-0.1, -0.05) is 143 Å². The van der Waals surface area contributed by atoms with Gasteiger partial charge in [0.15, 0.2) is 0 Å². The molecule has 0 atom stereocenters. The number of nitrogens with zero attached hydrogens (tertiary/aromatic N) is 1. The first kappa shape index (κ1) is 31.2. The van der Waals surface area contributed by atoms with E-state index in [4.69, 9.17) is 4.98 Å². The van der Waals surface area contributed by atoms with Crippen LogP contribution in [-0.2, 0) is 19.3 Å². The second-order valence-electron chi connectivity index (χ2n) is 10.9. The van der Waals surface area contributed by atoms with Gasteiger partial charge in [0, 0.05) is 11.4 Å². The Bertz CT molecular complexity index is 507. The van der Waals surface area contributed by atoms with E-state index in [0.29, 0.717) is 0 Å². The fourth-order valence-corrected chi connectivity index (χ4v) is 5.09. The second kappa shape index (κ2) is 23.9. The van der Waals surface area contributed by atoms with Crippen LogP contribution in [-0.4, -0.2) is 4.98 Å². The van der Waals surface area contributed by atoms with Crippen LogP contribution in [0.2, 0.25) is 0 Å². The molecule has 198 valence electrons. The lowest BCUT2D eigenvalue weighted by Gasteiger charge is -2.10. The average Bonchev–Trinajstić information content (AvgIpc) is 2.85. The zero-order valence-electron chi connectivity index (χ0n) is 23.8. The summed E-state index contributed by atoms with van der Waals surface area (Å²) in [5.74, 6) is 0. The van der Waals surface area contributed by atoms with Crippen LogP contribution in [0, 0.1) is 0 Å². The summed E-state index contributed by atoms with van der Waals surface area (Å²) in [6.07, 6.45) is 34.4. The second-order valence-corrected chi connectivity index (χ2v) is 10.9. The third kappa shape index (κ3) is 18.5. The molecule has 1 heterocycles. The molecule has 0 bridgehead atoms. The molecule has 0 saturated heterocycles. The molecule has 1 aromatic rings. The number of hydrogen-bond acceptors (Lipinski definition) is 1. The van der Waals surface area contributed by atoms with Crippen LogP contribution in [0.4, 0.5) is 0 Å². The third-order valence-electron chi connectivity index (χ3n) is 7.38. The van der Waals surface area contributed by atoms with Crippen LogP contribution in [0.25, 0.3) is 0 Å². The van der Waals surface area contributed by atoms with Crippen molar-refractivity contribution in [3.05, 3.63) is 29.1 Å². The van der Waals surface area contributed by atoms with Crippen molar-refractivity contribution < 1.29 is 0 Å². The first-order valence-corrected chi connectivity index (χ1v) is 15.8. The van der Waals surface area contributed by atoms with E-state index in [9.17, 15) is 0 Å². The maximum absolute atomic E-state index is 5.09. The number of rotatable bonds is 25. The van der Waals surface area contributed by atoms with Crippen molar-refractivity contribution in [2.24, 2.45) is 0 Å². The summed E-state index contributed by atoms with van der Waals surface area (Å²) in [6, 6.07) is 4.84. The number of hydrogen-bond donors (Lipinski definition) is 0. The molecular weight excluding hydrogens is 410 g/mol. The quantitative estimate of drug-likeness (QED) is 0.129. The Labute approximate surface area is 215 Å². The summed E-state index contributed by atoms with van der Waals surface area (Å²) < 4.78 is 0. The molecule has 0 spiro atoms. The van der Waals surface area contributed by atoms with Crippen LogP contribution in [0.3, 0.4) is 0 Å². The minimum Gasteiger partial charge on any atom is -0.258 e. The van der Waals surface area contributed by atoms with E-state index in [2.05, 4.69) is 32.9 Å². The Balaban J connectivity index is 2.24. The molecule has 0 amide bonds. The number of aromatic nitrogens is 1. The van der Waals surface area contributed by atoms with Crippen molar-refractivity contribution in [2.75, 3.05) is 0 Å². The van der Waals surface area contributed by atoms with E-state index in [-0.39, 0.29) is 0 Å². The molecule has 0 N–H and O–H groups in total. The summed E-state index contributed by atoms with van der Waals surface area (Å²) in [5.41, 5.74) is 4.28. The van der Waals surface area contributed by atoms with Gasteiger partial charge in [-0.25, -0.2) is 0 Å². The third-order valence-corrected chi connectivity index (χ3v) is 7.38. The maximum atomic E-state index is 5.09. The van der Waals surface area contributed by atoms with E-state index in [1.54, 1.807) is 5.56 Å². The predicted octanol–water partition coefficient (Wildman–Crippen LogP) is 11.4. The molecule has 1 heteroatoms. The maximum Gasteiger partial charge on any atom is 0.0409 e. The molecule has 0 aliphatic rings. The minimum atomic E-state index is 1.18. The predicted molar refractivity (Wildman–Crippen MR) is 154 cm³/mol. The van der Waals surface area contributed by atoms with Gasteiger partial charge in [-0.05, 0) is 56.2 Å². The Kier molecular flexibility index (Phi) is 21.9. The SMILES string of the molecule is CCCCCCCCCCCCc1cc(CCCC)cc(CCCCCCCCCCCC)n1. The minimum absolute atomic E-state index is 1.18. The molecule has 34 heavy (non-hydrogen) atoms. The smallest absolute Gasteiger partial charge is 0.0409 e. The van der Waals surface area contributed by atoms with Crippen molar-refractivity contribution >= 4 is 0 Å².